The molecule has 0 fully saturated rings. The van der Waals surface area contributed by atoms with Gasteiger partial charge in [-0.05, 0) is 0 Å². The normalized spacial score (nSPS) is 16.6. The maximum atomic E-state index is 10.1. The van der Waals surface area contributed by atoms with Crippen LogP contribution in [0.2, 0.25) is 0 Å². The van der Waals surface area contributed by atoms with Crippen molar-refractivity contribution in [2.24, 2.45) is 0 Å². The molecule has 48 valence electrons. The average Bonchev–Trinajstić information content (AvgIpc) is 1.68. The Morgan fingerprint density at radius 3 is 2.12 bits per heavy atom. The SMILES string of the molecule is BOP(=O)(O)O[SiH3].[AlH3]. The van der Waals surface area contributed by atoms with E-state index in [-0.39, 0.29) is 27.8 Å². The van der Waals surface area contributed by atoms with Crippen LogP contribution in [0.4, 0.5) is 0 Å². The molecule has 8 heavy (non-hydrogen) atoms. The Labute approximate surface area is 62.3 Å². The van der Waals surface area contributed by atoms with Gasteiger partial charge in [0, 0.05) is 0 Å². The standard InChI is InChI=1S/Al.BH6O4PSi.3H/c;1-4-6(2,3)5-7;;;/h;1H2,7H3,(H,2,3);;;. The van der Waals surface area contributed by atoms with Crippen LogP contribution in [0, 0.1) is 0 Å². The van der Waals surface area contributed by atoms with E-state index in [4.69, 9.17) is 4.89 Å². The van der Waals surface area contributed by atoms with Crippen molar-refractivity contribution in [1.82, 2.24) is 0 Å². The summed E-state index contributed by atoms with van der Waals surface area (Å²) >= 11 is 0. The van der Waals surface area contributed by atoms with Crippen molar-refractivity contribution < 1.29 is 18.1 Å². The highest BCUT2D eigenvalue weighted by molar-refractivity contribution is 7.49. The number of phosphoric acid groups is 1. The molecule has 0 aliphatic rings. The van der Waals surface area contributed by atoms with E-state index in [2.05, 4.69) is 8.65 Å². The zero-order valence-corrected chi connectivity index (χ0v) is 7.01. The smallest absolute Gasteiger partial charge is 0.359 e. The maximum Gasteiger partial charge on any atom is 0.446 e. The van der Waals surface area contributed by atoms with Gasteiger partial charge in [0.05, 0.1) is 0 Å². The van der Waals surface area contributed by atoms with Gasteiger partial charge in [-0.25, -0.2) is 4.57 Å². The molecule has 1 N–H and O–H groups in total. The van der Waals surface area contributed by atoms with Gasteiger partial charge in [0.25, 0.3) is 8.05 Å². The van der Waals surface area contributed by atoms with Crippen LogP contribution in [0.3, 0.4) is 0 Å². The summed E-state index contributed by atoms with van der Waals surface area (Å²) < 4.78 is 18.2. The average molecular weight is 170 g/mol. The molecule has 1 atom stereocenters. The Morgan fingerprint density at radius 2 is 2.12 bits per heavy atom. The molecule has 0 saturated heterocycles. The number of hydrogen-bond acceptors (Lipinski definition) is 3. The van der Waals surface area contributed by atoms with E-state index in [0.717, 1.165) is 8.05 Å². The highest BCUT2D eigenvalue weighted by Gasteiger charge is 2.11. The van der Waals surface area contributed by atoms with E-state index < -0.39 is 7.82 Å². The Hall–Kier alpha value is 0.924. The zero-order valence-electron chi connectivity index (χ0n) is 4.12. The third-order valence-corrected chi connectivity index (χ3v) is 2.77. The Kier molecular flexibility index (Phi) is 6.97. The van der Waals surface area contributed by atoms with E-state index in [1.807, 2.05) is 0 Å². The van der Waals surface area contributed by atoms with E-state index >= 15 is 0 Å². The first-order valence-electron chi connectivity index (χ1n) is 1.56. The molecule has 0 aromatic heterocycles. The van der Waals surface area contributed by atoms with E-state index in [0.29, 0.717) is 0 Å². The topological polar surface area (TPSA) is 55.8 Å². The van der Waals surface area contributed by atoms with E-state index in [1.54, 1.807) is 0 Å². The molecule has 0 spiro atoms. The van der Waals surface area contributed by atoms with Crippen LogP contribution in [0.25, 0.3) is 0 Å². The van der Waals surface area contributed by atoms with Crippen molar-refractivity contribution in [1.29, 1.82) is 0 Å². The molecule has 1 unspecified atom stereocenters. The highest BCUT2D eigenvalue weighted by Crippen LogP contribution is 2.39. The van der Waals surface area contributed by atoms with Gasteiger partial charge in [0.2, 0.25) is 0 Å². The first-order chi connectivity index (χ1) is 3.12. The monoisotopic (exact) mass is 170 g/mol. The highest BCUT2D eigenvalue weighted by atomic mass is 31.2. The molecule has 0 aromatic rings. The molecule has 0 aromatic carbocycles. The molecule has 0 aliphatic carbocycles. The Bertz CT molecular complexity index is 88.0. The zero-order chi connectivity index (χ0) is 5.91. The number of hydrogen-bond donors (Lipinski definition) is 1. The molecule has 0 aliphatic heterocycles. The summed E-state index contributed by atoms with van der Waals surface area (Å²) in [5.41, 5.74) is 0. The van der Waals surface area contributed by atoms with Crippen LogP contribution in [0.15, 0.2) is 0 Å². The second kappa shape index (κ2) is 4.77. The quantitative estimate of drug-likeness (QED) is 0.349. The van der Waals surface area contributed by atoms with Crippen LogP contribution in [-0.4, -0.2) is 40.8 Å². The van der Waals surface area contributed by atoms with Crippen molar-refractivity contribution in [2.75, 3.05) is 0 Å². The summed E-state index contributed by atoms with van der Waals surface area (Å²) in [7, 11) is -2.25. The lowest BCUT2D eigenvalue weighted by atomic mass is 10.6. The van der Waals surface area contributed by atoms with Gasteiger partial charge >= 0.3 is 7.82 Å². The van der Waals surface area contributed by atoms with E-state index in [9.17, 15) is 4.57 Å². The lowest BCUT2D eigenvalue weighted by Crippen LogP contribution is -1.86. The Balaban J connectivity index is 0. The van der Waals surface area contributed by atoms with Gasteiger partial charge in [-0.15, -0.1) is 0 Å². The van der Waals surface area contributed by atoms with Gasteiger partial charge in [-0.1, -0.05) is 0 Å². The van der Waals surface area contributed by atoms with Gasteiger partial charge < -0.3 is 13.5 Å². The fraction of sp³-hybridized carbons (Fsp3) is 0. The summed E-state index contributed by atoms with van der Waals surface area (Å²) in [5, 5.41) is 0. The fourth-order valence-electron chi connectivity index (χ4n) is 0.0745. The third kappa shape index (κ3) is 5.07. The largest absolute Gasteiger partial charge is 0.446 e. The van der Waals surface area contributed by atoms with Crippen molar-refractivity contribution in [3.8, 4) is 0 Å². The first-order valence-corrected chi connectivity index (χ1v) is 3.88. The molecule has 0 amide bonds. The fourth-order valence-corrected chi connectivity index (χ4v) is 0.671. The van der Waals surface area contributed by atoms with Crippen LogP contribution < -0.4 is 0 Å². The molecule has 4 nitrogen and oxygen atoms in total. The number of rotatable bonds is 2. The van der Waals surface area contributed by atoms with Crippen LogP contribution in [0.5, 0.6) is 0 Å². The molecular formula is H9AlBO4PSi. The predicted octanol–water partition coefficient (Wildman–Crippen LogP) is -3.24. The molecule has 0 heterocycles. The van der Waals surface area contributed by atoms with Crippen molar-refractivity contribution in [3.05, 3.63) is 0 Å². The second-order valence-electron chi connectivity index (χ2n) is 0.834. The minimum absolute atomic E-state index is 0. The van der Waals surface area contributed by atoms with Crippen molar-refractivity contribution in [2.45, 2.75) is 0 Å². The second-order valence-corrected chi connectivity index (χ2v) is 3.60. The first kappa shape index (κ1) is 11.7. The van der Waals surface area contributed by atoms with Crippen LogP contribution in [0.1, 0.15) is 0 Å². The summed E-state index contributed by atoms with van der Waals surface area (Å²) in [6.45, 7) is 0. The molecule has 0 saturated carbocycles. The van der Waals surface area contributed by atoms with Crippen LogP contribution in [-0.2, 0) is 13.2 Å². The van der Waals surface area contributed by atoms with Gasteiger partial charge in [0.15, 0.2) is 27.8 Å². The van der Waals surface area contributed by atoms with Gasteiger partial charge in [0.1, 0.15) is 0 Å². The van der Waals surface area contributed by atoms with Crippen LogP contribution >= 0.6 is 7.82 Å². The molecular weight excluding hydrogens is 161 g/mol. The minimum atomic E-state index is -3.59. The third-order valence-electron chi connectivity index (χ3n) is 0.461. The molecule has 0 radical (unpaired) electrons. The molecule has 0 rings (SSSR count). The summed E-state index contributed by atoms with van der Waals surface area (Å²) in [6.07, 6.45) is 0. The van der Waals surface area contributed by atoms with Crippen molar-refractivity contribution in [3.63, 3.8) is 0 Å². The lowest BCUT2D eigenvalue weighted by molar-refractivity contribution is 0.309. The van der Waals surface area contributed by atoms with Gasteiger partial charge in [-0.2, -0.15) is 0 Å². The van der Waals surface area contributed by atoms with Crippen molar-refractivity contribution >= 4 is 43.7 Å². The summed E-state index contributed by atoms with van der Waals surface area (Å²) in [4.78, 5) is 8.28. The minimum Gasteiger partial charge on any atom is -0.359 e. The maximum absolute atomic E-state index is 10.1. The van der Waals surface area contributed by atoms with E-state index in [1.165, 1.54) is 0 Å². The lowest BCUT2D eigenvalue weighted by Gasteiger charge is -2.03. The summed E-state index contributed by atoms with van der Waals surface area (Å²) in [5.74, 6) is 0. The van der Waals surface area contributed by atoms with Gasteiger partial charge in [-0.3, -0.25) is 0 Å². The molecule has 0 bridgehead atoms. The predicted molar refractivity (Wildman–Crippen MR) is 40.4 cm³/mol. The molecule has 8 heteroatoms. The Morgan fingerprint density at radius 1 is 1.75 bits per heavy atom. The summed E-state index contributed by atoms with van der Waals surface area (Å²) in [6, 6.07) is 0.